The van der Waals surface area contributed by atoms with Crippen LogP contribution in [0.2, 0.25) is 0 Å². The molecular formula is C17H18N2O4. The lowest BCUT2D eigenvalue weighted by molar-refractivity contribution is -0.122. The first-order valence-corrected chi connectivity index (χ1v) is 7.28. The number of aryl methyl sites for hydroxylation is 1. The van der Waals surface area contributed by atoms with Crippen LogP contribution in [0.15, 0.2) is 28.7 Å². The van der Waals surface area contributed by atoms with E-state index in [-0.39, 0.29) is 5.76 Å². The number of nitriles is 1. The molecule has 0 aliphatic rings. The number of furan rings is 1. The van der Waals surface area contributed by atoms with E-state index in [0.717, 1.165) is 5.39 Å². The van der Waals surface area contributed by atoms with Gasteiger partial charge < -0.3 is 14.5 Å². The summed E-state index contributed by atoms with van der Waals surface area (Å²) in [5.41, 5.74) is 1.20. The van der Waals surface area contributed by atoms with E-state index in [1.165, 1.54) is 0 Å². The second kappa shape index (κ2) is 7.56. The molecule has 0 radical (unpaired) electrons. The number of nitrogens with zero attached hydrogens (tertiary/aromatic N) is 1. The minimum absolute atomic E-state index is 0.0600. The summed E-state index contributed by atoms with van der Waals surface area (Å²) in [7, 11) is 1.56. The van der Waals surface area contributed by atoms with Gasteiger partial charge in [-0.3, -0.25) is 9.59 Å². The number of carbonyl (C=O) groups is 2. The van der Waals surface area contributed by atoms with Gasteiger partial charge in [0.05, 0.1) is 6.07 Å². The van der Waals surface area contributed by atoms with Gasteiger partial charge in [-0.15, -0.1) is 0 Å². The van der Waals surface area contributed by atoms with Crippen molar-refractivity contribution in [3.05, 3.63) is 35.6 Å². The predicted molar refractivity (Wildman–Crippen MR) is 83.9 cm³/mol. The molecule has 0 aliphatic heterocycles. The Hall–Kier alpha value is -2.65. The lowest BCUT2D eigenvalue weighted by atomic mass is 10.00. The van der Waals surface area contributed by atoms with Gasteiger partial charge in [-0.2, -0.15) is 5.26 Å². The number of ether oxygens (including phenoxy) is 1. The summed E-state index contributed by atoms with van der Waals surface area (Å²) < 4.78 is 10.4. The molecule has 0 spiro atoms. The molecule has 1 N–H and O–H groups in total. The Kier molecular flexibility index (Phi) is 5.50. The molecule has 2 aromatic rings. The fourth-order valence-corrected chi connectivity index (χ4v) is 2.31. The van der Waals surface area contributed by atoms with Crippen LogP contribution in [-0.2, 0) is 9.53 Å². The first-order valence-electron chi connectivity index (χ1n) is 7.28. The van der Waals surface area contributed by atoms with Crippen molar-refractivity contribution < 1.29 is 18.7 Å². The van der Waals surface area contributed by atoms with Gasteiger partial charge in [0.2, 0.25) is 11.7 Å². The van der Waals surface area contributed by atoms with Crippen molar-refractivity contribution in [2.75, 3.05) is 20.3 Å². The van der Waals surface area contributed by atoms with Gasteiger partial charge in [0.25, 0.3) is 0 Å². The molecule has 0 unspecified atom stereocenters. The number of rotatable bonds is 7. The molecule has 120 valence electrons. The summed E-state index contributed by atoms with van der Waals surface area (Å²) in [6, 6.07) is 8.96. The van der Waals surface area contributed by atoms with E-state index < -0.39 is 17.6 Å². The number of carbonyl (C=O) groups excluding carboxylic acids is 2. The Morgan fingerprint density at radius 2 is 2.13 bits per heavy atom. The minimum Gasteiger partial charge on any atom is -0.453 e. The van der Waals surface area contributed by atoms with E-state index in [1.807, 2.05) is 12.1 Å². The van der Waals surface area contributed by atoms with Gasteiger partial charge in [0.1, 0.15) is 5.58 Å². The van der Waals surface area contributed by atoms with Crippen molar-refractivity contribution in [3.8, 4) is 6.07 Å². The van der Waals surface area contributed by atoms with Gasteiger partial charge in [0, 0.05) is 31.2 Å². The summed E-state index contributed by atoms with van der Waals surface area (Å²) in [4.78, 5) is 24.5. The highest BCUT2D eigenvalue weighted by Gasteiger charge is 2.31. The van der Waals surface area contributed by atoms with Crippen molar-refractivity contribution >= 4 is 22.7 Å². The predicted octanol–water partition coefficient (Wildman–Crippen LogP) is 2.22. The molecule has 1 atom stereocenters. The fourth-order valence-electron chi connectivity index (χ4n) is 2.31. The quantitative estimate of drug-likeness (QED) is 0.480. The normalized spacial score (nSPS) is 11.9. The third-order valence-corrected chi connectivity index (χ3v) is 3.55. The Bertz CT molecular complexity index is 758. The Balaban J connectivity index is 2.17. The number of Topliss-reactive ketones (excluding diaryl/α,β-unsaturated/α-hetero) is 1. The van der Waals surface area contributed by atoms with E-state index in [4.69, 9.17) is 9.15 Å². The number of hydrogen-bond acceptors (Lipinski definition) is 5. The van der Waals surface area contributed by atoms with E-state index in [1.54, 1.807) is 32.2 Å². The highest BCUT2D eigenvalue weighted by Crippen LogP contribution is 2.26. The van der Waals surface area contributed by atoms with Crippen LogP contribution in [0.25, 0.3) is 11.0 Å². The third kappa shape index (κ3) is 3.58. The van der Waals surface area contributed by atoms with Crippen LogP contribution in [0.1, 0.15) is 22.5 Å². The number of benzene rings is 1. The number of ketones is 1. The van der Waals surface area contributed by atoms with Gasteiger partial charge >= 0.3 is 0 Å². The third-order valence-electron chi connectivity index (χ3n) is 3.55. The number of hydrogen-bond donors (Lipinski definition) is 1. The molecular weight excluding hydrogens is 296 g/mol. The van der Waals surface area contributed by atoms with Crippen LogP contribution in [-0.4, -0.2) is 32.0 Å². The lowest BCUT2D eigenvalue weighted by Gasteiger charge is -2.08. The molecule has 1 aromatic heterocycles. The highest BCUT2D eigenvalue weighted by molar-refractivity contribution is 6.13. The molecule has 2 rings (SSSR count). The number of nitrogens with one attached hydrogen (secondary N) is 1. The zero-order chi connectivity index (χ0) is 16.8. The average Bonchev–Trinajstić information content (AvgIpc) is 2.89. The van der Waals surface area contributed by atoms with Crippen LogP contribution in [0.5, 0.6) is 0 Å². The molecule has 0 fully saturated rings. The van der Waals surface area contributed by atoms with Gasteiger partial charge in [-0.05, 0) is 19.4 Å². The average molecular weight is 314 g/mol. The first-order chi connectivity index (χ1) is 11.1. The van der Waals surface area contributed by atoms with Gasteiger partial charge in [-0.1, -0.05) is 18.2 Å². The molecule has 1 amide bonds. The fraction of sp³-hybridized carbons (Fsp3) is 0.353. The van der Waals surface area contributed by atoms with Crippen molar-refractivity contribution in [2.45, 2.75) is 13.3 Å². The van der Waals surface area contributed by atoms with Crippen molar-refractivity contribution in [2.24, 2.45) is 5.92 Å². The molecule has 6 heteroatoms. The molecule has 0 saturated heterocycles. The number of methoxy groups -OCH3 is 1. The number of amides is 1. The molecule has 0 saturated carbocycles. The highest BCUT2D eigenvalue weighted by atomic mass is 16.5. The maximum atomic E-state index is 12.5. The minimum atomic E-state index is -1.42. The van der Waals surface area contributed by atoms with Crippen molar-refractivity contribution in [1.82, 2.24) is 5.32 Å². The molecule has 0 bridgehead atoms. The zero-order valence-electron chi connectivity index (χ0n) is 13.1. The Morgan fingerprint density at radius 1 is 1.39 bits per heavy atom. The summed E-state index contributed by atoms with van der Waals surface area (Å²) in [6.07, 6.45) is 0.609. The van der Waals surface area contributed by atoms with E-state index in [9.17, 15) is 14.9 Å². The SMILES string of the molecule is COCCCNC(=O)[C@@H](C#N)C(=O)c1oc2ccccc2c1C. The lowest BCUT2D eigenvalue weighted by Crippen LogP contribution is -2.35. The summed E-state index contributed by atoms with van der Waals surface area (Å²) >= 11 is 0. The smallest absolute Gasteiger partial charge is 0.245 e. The topological polar surface area (TPSA) is 92.3 Å². The van der Waals surface area contributed by atoms with E-state index in [0.29, 0.717) is 30.7 Å². The second-order valence-corrected chi connectivity index (χ2v) is 5.12. The standard InChI is InChI=1S/C17H18N2O4/c1-11-12-6-3-4-7-14(12)23-16(11)15(20)13(10-18)17(21)19-8-5-9-22-2/h3-4,6-7,13H,5,8-9H2,1-2H3,(H,19,21)/t13-/m0/s1. The Labute approximate surface area is 134 Å². The molecule has 1 aromatic carbocycles. The van der Waals surface area contributed by atoms with Gasteiger partial charge in [-0.25, -0.2) is 0 Å². The molecule has 0 aliphatic carbocycles. The maximum Gasteiger partial charge on any atom is 0.245 e. The largest absolute Gasteiger partial charge is 0.453 e. The van der Waals surface area contributed by atoms with Crippen LogP contribution in [0.4, 0.5) is 0 Å². The van der Waals surface area contributed by atoms with Crippen LogP contribution in [0, 0.1) is 24.2 Å². The summed E-state index contributed by atoms with van der Waals surface area (Å²) in [6.45, 7) is 2.58. The molecule has 23 heavy (non-hydrogen) atoms. The summed E-state index contributed by atoms with van der Waals surface area (Å²) in [5.74, 6) is -2.60. The van der Waals surface area contributed by atoms with Crippen LogP contribution >= 0.6 is 0 Å². The summed E-state index contributed by atoms with van der Waals surface area (Å²) in [5, 5.41) is 12.6. The van der Waals surface area contributed by atoms with Crippen LogP contribution in [0.3, 0.4) is 0 Å². The van der Waals surface area contributed by atoms with Gasteiger partial charge in [0.15, 0.2) is 11.7 Å². The van der Waals surface area contributed by atoms with E-state index >= 15 is 0 Å². The molecule has 1 heterocycles. The number of para-hydroxylation sites is 1. The Morgan fingerprint density at radius 3 is 2.78 bits per heavy atom. The van der Waals surface area contributed by atoms with Crippen LogP contribution < -0.4 is 5.32 Å². The second-order valence-electron chi connectivity index (χ2n) is 5.12. The van der Waals surface area contributed by atoms with Crippen molar-refractivity contribution in [1.29, 1.82) is 5.26 Å². The first kappa shape index (κ1) is 16.7. The number of fused-ring (bicyclic) bond motifs is 1. The van der Waals surface area contributed by atoms with E-state index in [2.05, 4.69) is 5.32 Å². The monoisotopic (exact) mass is 314 g/mol. The zero-order valence-corrected chi connectivity index (χ0v) is 13.1. The molecule has 6 nitrogen and oxygen atoms in total. The van der Waals surface area contributed by atoms with Crippen molar-refractivity contribution in [3.63, 3.8) is 0 Å². The maximum absolute atomic E-state index is 12.5.